The van der Waals surface area contributed by atoms with E-state index in [1.54, 1.807) is 0 Å². The number of benzene rings is 1. The molecule has 0 saturated heterocycles. The normalized spacial score (nSPS) is 17.0. The third-order valence-electron chi connectivity index (χ3n) is 2.05. The minimum atomic E-state index is -3.89. The molecule has 6 heteroatoms. The summed E-state index contributed by atoms with van der Waals surface area (Å²) in [6.45, 7) is 0. The number of hydrogen-bond donors (Lipinski definition) is 1. The molecule has 1 N–H and O–H groups in total. The first-order valence-corrected chi connectivity index (χ1v) is 5.78. The topological polar surface area (TPSA) is 71.4 Å². The second kappa shape index (κ2) is 3.08. The van der Waals surface area contributed by atoms with E-state index < -0.39 is 20.7 Å². The van der Waals surface area contributed by atoms with E-state index in [9.17, 15) is 13.2 Å². The van der Waals surface area contributed by atoms with Crippen molar-refractivity contribution in [3.63, 3.8) is 0 Å². The number of sulfone groups is 1. The quantitative estimate of drug-likeness (QED) is 0.814. The Balaban J connectivity index is 2.74. The Morgan fingerprint density at radius 2 is 2.00 bits per heavy atom. The minimum absolute atomic E-state index is 0.0487. The van der Waals surface area contributed by atoms with Crippen LogP contribution in [-0.4, -0.2) is 19.5 Å². The van der Waals surface area contributed by atoms with Crippen LogP contribution < -0.4 is 0 Å². The number of carboxylic acids is 1. The highest BCUT2D eigenvalue weighted by atomic mass is 35.5. The fraction of sp³-hybridized carbons (Fsp3) is 0. The van der Waals surface area contributed by atoms with Crippen molar-refractivity contribution < 1.29 is 18.3 Å². The predicted octanol–water partition coefficient (Wildman–Crippen LogP) is 1.55. The lowest BCUT2D eigenvalue weighted by Crippen LogP contribution is -2.09. The summed E-state index contributed by atoms with van der Waals surface area (Å²) in [7, 11) is -3.89. The molecule has 0 amide bonds. The summed E-state index contributed by atoms with van der Waals surface area (Å²) in [4.78, 5) is 10.0. The molecule has 78 valence electrons. The summed E-state index contributed by atoms with van der Waals surface area (Å²) in [5, 5.41) is 8.97. The maximum absolute atomic E-state index is 11.7. The minimum Gasteiger partial charge on any atom is -0.477 e. The van der Waals surface area contributed by atoms with Gasteiger partial charge in [-0.15, -0.1) is 0 Å². The van der Waals surface area contributed by atoms with Gasteiger partial charge in [-0.2, -0.15) is 0 Å². The number of hydrogen-bond acceptors (Lipinski definition) is 3. The van der Waals surface area contributed by atoms with Crippen LogP contribution >= 0.6 is 11.6 Å². The molecule has 0 fully saturated rings. The van der Waals surface area contributed by atoms with E-state index in [2.05, 4.69) is 0 Å². The monoisotopic (exact) mass is 244 g/mol. The maximum Gasteiger partial charge on any atom is 0.347 e. The van der Waals surface area contributed by atoms with E-state index in [0.29, 0.717) is 5.56 Å². The van der Waals surface area contributed by atoms with Crippen LogP contribution in [0.15, 0.2) is 28.0 Å². The predicted molar refractivity (Wildman–Crippen MR) is 54.3 cm³/mol. The van der Waals surface area contributed by atoms with Crippen LogP contribution in [0.5, 0.6) is 0 Å². The number of halogens is 1. The van der Waals surface area contributed by atoms with Crippen LogP contribution in [0.3, 0.4) is 0 Å². The SMILES string of the molecule is O=C(O)C1=Cc2ccc(Cl)cc2S1(=O)=O. The summed E-state index contributed by atoms with van der Waals surface area (Å²) < 4.78 is 23.3. The molecule has 2 rings (SSSR count). The summed E-state index contributed by atoms with van der Waals surface area (Å²) in [6, 6.07) is 4.24. The van der Waals surface area contributed by atoms with E-state index in [0.717, 1.165) is 6.08 Å². The zero-order chi connectivity index (χ0) is 11.2. The number of aliphatic carboxylic acids is 1. The number of fused-ring (bicyclic) bond motifs is 1. The molecule has 1 heterocycles. The molecule has 1 aromatic carbocycles. The largest absolute Gasteiger partial charge is 0.477 e. The molecule has 4 nitrogen and oxygen atoms in total. The number of carboxylic acid groups (broad SMARTS) is 1. The molecule has 0 spiro atoms. The molecule has 1 aliphatic heterocycles. The van der Waals surface area contributed by atoms with Gasteiger partial charge in [0.25, 0.3) is 0 Å². The van der Waals surface area contributed by atoms with Crippen LogP contribution in [0.2, 0.25) is 5.02 Å². The Hall–Kier alpha value is -1.33. The first kappa shape index (κ1) is 10.2. The van der Waals surface area contributed by atoms with Crippen LogP contribution in [0, 0.1) is 0 Å². The van der Waals surface area contributed by atoms with E-state index in [1.807, 2.05) is 0 Å². The fourth-order valence-electron chi connectivity index (χ4n) is 1.37. The lowest BCUT2D eigenvalue weighted by molar-refractivity contribution is -0.131. The summed E-state index contributed by atoms with van der Waals surface area (Å²) in [5.74, 6) is -1.46. The van der Waals surface area contributed by atoms with Crippen molar-refractivity contribution in [1.82, 2.24) is 0 Å². The average Bonchev–Trinajstić information content (AvgIpc) is 2.39. The molecular formula is C9H5ClO4S. The van der Waals surface area contributed by atoms with Gasteiger partial charge in [0, 0.05) is 5.02 Å². The zero-order valence-electron chi connectivity index (χ0n) is 7.27. The summed E-state index contributed by atoms with van der Waals surface area (Å²) in [6.07, 6.45) is 1.13. The molecule has 0 atom stereocenters. The molecule has 15 heavy (non-hydrogen) atoms. The molecule has 0 bridgehead atoms. The second-order valence-corrected chi connectivity index (χ2v) is 5.32. The highest BCUT2D eigenvalue weighted by Gasteiger charge is 2.34. The van der Waals surface area contributed by atoms with Crippen molar-refractivity contribution in [3.8, 4) is 0 Å². The molecule has 0 aromatic heterocycles. The van der Waals surface area contributed by atoms with Gasteiger partial charge in [0.05, 0.1) is 4.90 Å². The molecule has 1 aliphatic rings. The van der Waals surface area contributed by atoms with Crippen LogP contribution in [0.25, 0.3) is 6.08 Å². The fourth-order valence-corrected chi connectivity index (χ4v) is 3.08. The van der Waals surface area contributed by atoms with E-state index >= 15 is 0 Å². The molecular weight excluding hydrogens is 240 g/mol. The van der Waals surface area contributed by atoms with Gasteiger partial charge in [-0.1, -0.05) is 17.7 Å². The molecule has 1 aromatic rings. The number of rotatable bonds is 1. The van der Waals surface area contributed by atoms with Gasteiger partial charge in [0.15, 0.2) is 4.91 Å². The van der Waals surface area contributed by atoms with Crippen LogP contribution in [-0.2, 0) is 14.6 Å². The second-order valence-electron chi connectivity index (χ2n) is 3.00. The van der Waals surface area contributed by atoms with Crippen molar-refractivity contribution >= 4 is 33.5 Å². The molecule has 0 unspecified atom stereocenters. The standard InChI is InChI=1S/C9H5ClO4S/c10-6-2-1-5-3-8(9(11)12)15(13,14)7(5)4-6/h1-4H,(H,11,12). The van der Waals surface area contributed by atoms with Gasteiger partial charge < -0.3 is 5.11 Å². The zero-order valence-corrected chi connectivity index (χ0v) is 8.84. The van der Waals surface area contributed by atoms with Crippen molar-refractivity contribution in [2.75, 3.05) is 0 Å². The van der Waals surface area contributed by atoms with Crippen molar-refractivity contribution in [1.29, 1.82) is 0 Å². The van der Waals surface area contributed by atoms with Gasteiger partial charge in [-0.3, -0.25) is 0 Å². The van der Waals surface area contributed by atoms with Crippen LogP contribution in [0.1, 0.15) is 5.56 Å². The highest BCUT2D eigenvalue weighted by Crippen LogP contribution is 2.34. The summed E-state index contributed by atoms with van der Waals surface area (Å²) in [5.41, 5.74) is 0.358. The highest BCUT2D eigenvalue weighted by molar-refractivity contribution is 7.96. The van der Waals surface area contributed by atoms with Gasteiger partial charge in [0.1, 0.15) is 0 Å². The maximum atomic E-state index is 11.7. The lowest BCUT2D eigenvalue weighted by atomic mass is 10.2. The van der Waals surface area contributed by atoms with Crippen molar-refractivity contribution in [2.45, 2.75) is 4.90 Å². The first-order valence-electron chi connectivity index (χ1n) is 3.92. The van der Waals surface area contributed by atoms with Crippen LogP contribution in [0.4, 0.5) is 0 Å². The molecule has 0 radical (unpaired) electrons. The average molecular weight is 245 g/mol. The Morgan fingerprint density at radius 1 is 1.33 bits per heavy atom. The third-order valence-corrected chi connectivity index (χ3v) is 4.09. The number of carbonyl (C=O) groups is 1. The Morgan fingerprint density at radius 3 is 2.60 bits per heavy atom. The van der Waals surface area contributed by atoms with E-state index in [4.69, 9.17) is 16.7 Å². The smallest absolute Gasteiger partial charge is 0.347 e. The summed E-state index contributed by atoms with van der Waals surface area (Å²) >= 11 is 5.64. The molecule has 0 saturated carbocycles. The Kier molecular flexibility index (Phi) is 2.09. The Labute approximate surface area is 90.7 Å². The molecule has 0 aliphatic carbocycles. The first-order chi connectivity index (χ1) is 6.93. The van der Waals surface area contributed by atoms with Gasteiger partial charge in [-0.05, 0) is 23.8 Å². The Bertz CT molecular complexity index is 586. The lowest BCUT2D eigenvalue weighted by Gasteiger charge is -1.99. The van der Waals surface area contributed by atoms with Crippen molar-refractivity contribution in [3.05, 3.63) is 33.7 Å². The van der Waals surface area contributed by atoms with Gasteiger partial charge >= 0.3 is 5.97 Å². The van der Waals surface area contributed by atoms with E-state index in [1.165, 1.54) is 18.2 Å². The van der Waals surface area contributed by atoms with Gasteiger partial charge in [-0.25, -0.2) is 13.2 Å². The van der Waals surface area contributed by atoms with E-state index in [-0.39, 0.29) is 9.92 Å². The van der Waals surface area contributed by atoms with Gasteiger partial charge in [0.2, 0.25) is 9.84 Å². The third kappa shape index (κ3) is 1.44. The van der Waals surface area contributed by atoms with Crippen molar-refractivity contribution in [2.24, 2.45) is 0 Å².